The molecule has 0 aromatic carbocycles. The lowest BCUT2D eigenvalue weighted by atomic mass is 9.75. The Morgan fingerprint density at radius 1 is 1.16 bits per heavy atom. The Labute approximate surface area is 118 Å². The van der Waals surface area contributed by atoms with Crippen LogP contribution in [0.25, 0.3) is 0 Å². The first-order chi connectivity index (χ1) is 9.11. The minimum absolute atomic E-state index is 0.186. The summed E-state index contributed by atoms with van der Waals surface area (Å²) >= 11 is 0. The Kier molecular flexibility index (Phi) is 3.92. The van der Waals surface area contributed by atoms with Crippen LogP contribution in [-0.4, -0.2) is 18.5 Å². The molecule has 2 heteroatoms. The molecule has 19 heavy (non-hydrogen) atoms. The first-order valence-corrected chi connectivity index (χ1v) is 8.42. The van der Waals surface area contributed by atoms with Crippen LogP contribution in [0, 0.1) is 23.7 Å². The van der Waals surface area contributed by atoms with E-state index in [4.69, 9.17) is 9.47 Å². The van der Waals surface area contributed by atoms with Gasteiger partial charge in [0.05, 0.1) is 12.7 Å². The minimum atomic E-state index is -0.186. The summed E-state index contributed by atoms with van der Waals surface area (Å²) in [6.45, 7) is 8.01. The molecule has 110 valence electrons. The van der Waals surface area contributed by atoms with E-state index in [-0.39, 0.29) is 5.79 Å². The molecule has 0 aromatic heterocycles. The van der Waals surface area contributed by atoms with Gasteiger partial charge in [0.2, 0.25) is 0 Å². The second kappa shape index (κ2) is 5.37. The van der Waals surface area contributed by atoms with Gasteiger partial charge in [0, 0.05) is 12.3 Å². The van der Waals surface area contributed by atoms with Gasteiger partial charge < -0.3 is 9.47 Å². The molecule has 1 saturated heterocycles. The van der Waals surface area contributed by atoms with Crippen LogP contribution in [0.15, 0.2) is 0 Å². The van der Waals surface area contributed by atoms with E-state index < -0.39 is 0 Å². The Morgan fingerprint density at radius 3 is 2.79 bits per heavy atom. The molecule has 5 atom stereocenters. The van der Waals surface area contributed by atoms with Crippen molar-refractivity contribution in [1.82, 2.24) is 0 Å². The summed E-state index contributed by atoms with van der Waals surface area (Å²) in [7, 11) is 0. The Balaban J connectivity index is 1.72. The summed E-state index contributed by atoms with van der Waals surface area (Å²) < 4.78 is 12.8. The molecule has 0 amide bonds. The van der Waals surface area contributed by atoms with Gasteiger partial charge in [-0.05, 0) is 49.9 Å². The largest absolute Gasteiger partial charge is 0.350 e. The second-order valence-corrected chi connectivity index (χ2v) is 7.52. The van der Waals surface area contributed by atoms with Crippen molar-refractivity contribution in [1.29, 1.82) is 0 Å². The minimum Gasteiger partial charge on any atom is -0.350 e. The molecule has 0 spiro atoms. The summed E-state index contributed by atoms with van der Waals surface area (Å²) in [6, 6.07) is 0. The fourth-order valence-electron chi connectivity index (χ4n) is 4.64. The van der Waals surface area contributed by atoms with E-state index in [0.717, 1.165) is 30.8 Å². The fraction of sp³-hybridized carbons (Fsp3) is 1.00. The van der Waals surface area contributed by atoms with Gasteiger partial charge in [-0.25, -0.2) is 0 Å². The quantitative estimate of drug-likeness (QED) is 0.754. The highest BCUT2D eigenvalue weighted by Gasteiger charge is 2.51. The predicted molar refractivity (Wildman–Crippen MR) is 76.9 cm³/mol. The molecule has 1 aliphatic heterocycles. The van der Waals surface area contributed by atoms with Gasteiger partial charge in [-0.1, -0.05) is 27.2 Å². The van der Waals surface area contributed by atoms with Crippen molar-refractivity contribution >= 4 is 0 Å². The normalized spacial score (nSPS) is 46.7. The van der Waals surface area contributed by atoms with Crippen LogP contribution in [-0.2, 0) is 9.47 Å². The predicted octanol–water partition coefficient (Wildman–Crippen LogP) is 4.38. The van der Waals surface area contributed by atoms with Crippen LogP contribution in [0.3, 0.4) is 0 Å². The third-order valence-electron chi connectivity index (χ3n) is 5.82. The smallest absolute Gasteiger partial charge is 0.171 e. The summed E-state index contributed by atoms with van der Waals surface area (Å²) in [5, 5.41) is 0. The average molecular weight is 266 g/mol. The summed E-state index contributed by atoms with van der Waals surface area (Å²) in [4.78, 5) is 0. The third kappa shape index (κ3) is 2.58. The third-order valence-corrected chi connectivity index (χ3v) is 5.82. The molecule has 3 fully saturated rings. The van der Waals surface area contributed by atoms with Gasteiger partial charge in [0.15, 0.2) is 5.79 Å². The van der Waals surface area contributed by atoms with Crippen LogP contribution in [0.5, 0.6) is 0 Å². The van der Waals surface area contributed by atoms with Gasteiger partial charge in [0.25, 0.3) is 0 Å². The summed E-state index contributed by atoms with van der Waals surface area (Å²) in [5.41, 5.74) is 0. The van der Waals surface area contributed by atoms with Crippen molar-refractivity contribution in [3.8, 4) is 0 Å². The van der Waals surface area contributed by atoms with E-state index in [1.54, 1.807) is 0 Å². The number of hydrogen-bond acceptors (Lipinski definition) is 2. The number of hydrogen-bond donors (Lipinski definition) is 0. The maximum atomic E-state index is 6.69. The highest BCUT2D eigenvalue weighted by molar-refractivity contribution is 4.93. The summed E-state index contributed by atoms with van der Waals surface area (Å²) in [6.07, 6.45) is 9.34. The van der Waals surface area contributed by atoms with Gasteiger partial charge in [-0.2, -0.15) is 0 Å². The van der Waals surface area contributed by atoms with Crippen LogP contribution in [0.1, 0.15) is 65.7 Å². The maximum absolute atomic E-state index is 6.69. The highest BCUT2D eigenvalue weighted by Crippen LogP contribution is 2.49. The van der Waals surface area contributed by atoms with Crippen LogP contribution in [0.2, 0.25) is 0 Å². The van der Waals surface area contributed by atoms with E-state index in [2.05, 4.69) is 20.8 Å². The molecule has 2 saturated carbocycles. The van der Waals surface area contributed by atoms with Gasteiger partial charge in [-0.3, -0.25) is 0 Å². The van der Waals surface area contributed by atoms with Gasteiger partial charge >= 0.3 is 0 Å². The van der Waals surface area contributed by atoms with E-state index in [0.29, 0.717) is 12.0 Å². The molecule has 0 N–H and O–H groups in total. The molecule has 2 nitrogen and oxygen atoms in total. The first kappa shape index (κ1) is 13.9. The van der Waals surface area contributed by atoms with Crippen LogP contribution < -0.4 is 0 Å². The van der Waals surface area contributed by atoms with Crippen molar-refractivity contribution in [3.63, 3.8) is 0 Å². The fourth-order valence-corrected chi connectivity index (χ4v) is 4.64. The Bertz CT molecular complexity index is 302. The molecular formula is C17H30O2. The standard InChI is InChI=1S/C17H30O2/c1-12(2)15-7-6-13(3)11-16(15)19-17-9-4-5-14(17)8-10-18-17/h12-16H,4-11H2,1-3H3. The zero-order valence-electron chi connectivity index (χ0n) is 12.9. The lowest BCUT2D eigenvalue weighted by molar-refractivity contribution is -0.263. The lowest BCUT2D eigenvalue weighted by Gasteiger charge is -2.42. The Hall–Kier alpha value is -0.0800. The molecular weight excluding hydrogens is 236 g/mol. The van der Waals surface area contributed by atoms with E-state index in [1.165, 1.54) is 38.5 Å². The van der Waals surface area contributed by atoms with Crippen LogP contribution in [0.4, 0.5) is 0 Å². The van der Waals surface area contributed by atoms with Crippen molar-refractivity contribution in [2.45, 2.75) is 77.6 Å². The zero-order valence-corrected chi connectivity index (χ0v) is 12.9. The van der Waals surface area contributed by atoms with Crippen molar-refractivity contribution in [2.24, 2.45) is 23.7 Å². The molecule has 2 aliphatic carbocycles. The SMILES string of the molecule is CC1CCC(C(C)C)C(OC23CCCC2CCO3)C1. The maximum Gasteiger partial charge on any atom is 0.171 e. The van der Waals surface area contributed by atoms with Crippen molar-refractivity contribution < 1.29 is 9.47 Å². The van der Waals surface area contributed by atoms with Crippen molar-refractivity contribution in [3.05, 3.63) is 0 Å². The topological polar surface area (TPSA) is 18.5 Å². The highest BCUT2D eigenvalue weighted by atomic mass is 16.7. The molecule has 0 bridgehead atoms. The average Bonchev–Trinajstić information content (AvgIpc) is 2.87. The Morgan fingerprint density at radius 2 is 2.00 bits per heavy atom. The molecule has 1 heterocycles. The van der Waals surface area contributed by atoms with E-state index in [1.807, 2.05) is 0 Å². The van der Waals surface area contributed by atoms with Gasteiger partial charge in [-0.15, -0.1) is 0 Å². The molecule has 5 unspecified atom stereocenters. The molecule has 0 radical (unpaired) electrons. The number of rotatable bonds is 3. The molecule has 0 aromatic rings. The van der Waals surface area contributed by atoms with E-state index >= 15 is 0 Å². The second-order valence-electron chi connectivity index (χ2n) is 7.52. The molecule has 3 rings (SSSR count). The monoisotopic (exact) mass is 266 g/mol. The van der Waals surface area contributed by atoms with E-state index in [9.17, 15) is 0 Å². The van der Waals surface area contributed by atoms with Gasteiger partial charge in [0.1, 0.15) is 0 Å². The van der Waals surface area contributed by atoms with Crippen LogP contribution >= 0.6 is 0 Å². The van der Waals surface area contributed by atoms with Crippen molar-refractivity contribution in [2.75, 3.05) is 6.61 Å². The summed E-state index contributed by atoms with van der Waals surface area (Å²) in [5.74, 6) is 2.77. The zero-order chi connectivity index (χ0) is 13.5. The number of ether oxygens (including phenoxy) is 2. The molecule has 3 aliphatic rings. The first-order valence-electron chi connectivity index (χ1n) is 8.42. The number of fused-ring (bicyclic) bond motifs is 1. The lowest BCUT2D eigenvalue weighted by Crippen LogP contribution is -2.44.